The van der Waals surface area contributed by atoms with Crippen molar-refractivity contribution in [2.24, 2.45) is 0 Å². The second-order valence-corrected chi connectivity index (χ2v) is 8.87. The lowest BCUT2D eigenvalue weighted by Crippen LogP contribution is -2.43. The van der Waals surface area contributed by atoms with E-state index in [1.165, 1.54) is 37.4 Å². The van der Waals surface area contributed by atoms with E-state index in [9.17, 15) is 4.79 Å². The molecule has 1 amide bonds. The van der Waals surface area contributed by atoms with Crippen LogP contribution in [0.25, 0.3) is 11.4 Å². The fraction of sp³-hybridized carbons (Fsp3) is 0.619. The summed E-state index contributed by atoms with van der Waals surface area (Å²) in [5, 5.41) is 9.84. The second kappa shape index (κ2) is 9.07. The Balaban J connectivity index is 1.54. The number of carbonyl (C=O) groups is 1. The van der Waals surface area contributed by atoms with Crippen molar-refractivity contribution in [1.82, 2.24) is 24.6 Å². The van der Waals surface area contributed by atoms with E-state index in [-0.39, 0.29) is 5.91 Å². The molecular weight excluding hydrogens is 370 g/mol. The van der Waals surface area contributed by atoms with Crippen molar-refractivity contribution in [1.29, 1.82) is 0 Å². The predicted octanol–water partition coefficient (Wildman–Crippen LogP) is 4.34. The van der Waals surface area contributed by atoms with Crippen LogP contribution in [0.3, 0.4) is 0 Å². The summed E-state index contributed by atoms with van der Waals surface area (Å²) < 4.78 is 2.27. The van der Waals surface area contributed by atoms with Gasteiger partial charge in [0.1, 0.15) is 0 Å². The molecule has 1 saturated heterocycles. The van der Waals surface area contributed by atoms with Crippen molar-refractivity contribution in [3.8, 4) is 11.4 Å². The Labute approximate surface area is 171 Å². The Bertz CT molecular complexity index is 787. The summed E-state index contributed by atoms with van der Waals surface area (Å²) in [5.41, 5.74) is 0.989. The Morgan fingerprint density at radius 1 is 1.14 bits per heavy atom. The highest BCUT2D eigenvalue weighted by atomic mass is 32.2. The molecule has 2 aromatic heterocycles. The van der Waals surface area contributed by atoms with E-state index in [1.54, 1.807) is 6.20 Å². The zero-order valence-electron chi connectivity index (χ0n) is 16.6. The Morgan fingerprint density at radius 2 is 1.96 bits per heavy atom. The van der Waals surface area contributed by atoms with E-state index < -0.39 is 0 Å². The minimum atomic E-state index is 0.221. The first-order chi connectivity index (χ1) is 13.7. The highest BCUT2D eigenvalue weighted by Gasteiger charge is 2.27. The molecule has 0 spiro atoms. The number of hydrogen-bond acceptors (Lipinski definition) is 5. The summed E-state index contributed by atoms with van der Waals surface area (Å²) in [6, 6.07) is 4.73. The van der Waals surface area contributed by atoms with Gasteiger partial charge in [-0.25, -0.2) is 0 Å². The van der Waals surface area contributed by atoms with Gasteiger partial charge in [0.15, 0.2) is 11.0 Å². The zero-order chi connectivity index (χ0) is 19.3. The number of pyridine rings is 1. The SMILES string of the molecule is C[C@H]1CCCCN1C(=O)CSc1nnc(-c2cccnc2)n1C1CCCCC1. The number of likely N-dealkylation sites (tertiary alicyclic amines) is 1. The average Bonchev–Trinajstić information content (AvgIpc) is 3.17. The molecule has 0 unspecified atom stereocenters. The van der Waals surface area contributed by atoms with Crippen LogP contribution in [-0.2, 0) is 4.79 Å². The highest BCUT2D eigenvalue weighted by Crippen LogP contribution is 2.35. The van der Waals surface area contributed by atoms with Crippen LogP contribution < -0.4 is 0 Å². The van der Waals surface area contributed by atoms with Crippen molar-refractivity contribution in [2.45, 2.75) is 75.5 Å². The summed E-state index contributed by atoms with van der Waals surface area (Å²) in [7, 11) is 0. The van der Waals surface area contributed by atoms with Gasteiger partial charge >= 0.3 is 0 Å². The highest BCUT2D eigenvalue weighted by molar-refractivity contribution is 7.99. The van der Waals surface area contributed by atoms with E-state index in [4.69, 9.17) is 0 Å². The zero-order valence-corrected chi connectivity index (χ0v) is 17.4. The first-order valence-electron chi connectivity index (χ1n) is 10.5. The van der Waals surface area contributed by atoms with Gasteiger partial charge in [0.2, 0.25) is 5.91 Å². The molecule has 0 radical (unpaired) electrons. The van der Waals surface area contributed by atoms with Crippen LogP contribution in [0.2, 0.25) is 0 Å². The van der Waals surface area contributed by atoms with Crippen LogP contribution in [0.15, 0.2) is 29.7 Å². The molecule has 1 aliphatic carbocycles. The molecule has 0 N–H and O–H groups in total. The van der Waals surface area contributed by atoms with Crippen LogP contribution in [0.4, 0.5) is 0 Å². The molecular formula is C21H29N5OS. The van der Waals surface area contributed by atoms with Crippen LogP contribution in [0, 0.1) is 0 Å². The quantitative estimate of drug-likeness (QED) is 0.700. The molecule has 0 bridgehead atoms. The van der Waals surface area contributed by atoms with Crippen molar-refractivity contribution >= 4 is 17.7 Å². The van der Waals surface area contributed by atoms with E-state index in [0.29, 0.717) is 17.8 Å². The standard InChI is InChI=1S/C21H29N5OS/c1-16-8-5-6-13-25(16)19(27)15-28-21-24-23-20(17-9-7-12-22-14-17)26(21)18-10-3-2-4-11-18/h7,9,12,14,16,18H,2-6,8,10-11,13,15H2,1H3/t16-/m0/s1. The van der Waals surface area contributed by atoms with Gasteiger partial charge in [-0.2, -0.15) is 0 Å². The average molecular weight is 400 g/mol. The van der Waals surface area contributed by atoms with Crippen LogP contribution in [0.5, 0.6) is 0 Å². The van der Waals surface area contributed by atoms with Crippen LogP contribution >= 0.6 is 11.8 Å². The number of thioether (sulfide) groups is 1. The molecule has 6 nitrogen and oxygen atoms in total. The number of amides is 1. The van der Waals surface area contributed by atoms with E-state index in [2.05, 4.69) is 26.7 Å². The number of carbonyl (C=O) groups excluding carboxylic acids is 1. The summed E-state index contributed by atoms with van der Waals surface area (Å²) in [4.78, 5) is 19.1. The van der Waals surface area contributed by atoms with E-state index in [0.717, 1.165) is 48.8 Å². The second-order valence-electron chi connectivity index (χ2n) is 7.93. The third kappa shape index (κ3) is 4.24. The molecule has 1 aliphatic heterocycles. The molecule has 2 aromatic rings. The molecule has 4 rings (SSSR count). The molecule has 2 aliphatic rings. The number of rotatable bonds is 5. The molecule has 7 heteroatoms. The fourth-order valence-corrected chi connectivity index (χ4v) is 5.31. The molecule has 1 atom stereocenters. The summed E-state index contributed by atoms with van der Waals surface area (Å²) in [6.45, 7) is 3.05. The fourth-order valence-electron chi connectivity index (χ4n) is 4.41. The topological polar surface area (TPSA) is 63.9 Å². The lowest BCUT2D eigenvalue weighted by molar-refractivity contribution is -0.131. The maximum absolute atomic E-state index is 12.8. The lowest BCUT2D eigenvalue weighted by Gasteiger charge is -2.33. The first kappa shape index (κ1) is 19.4. The van der Waals surface area contributed by atoms with Gasteiger partial charge in [-0.3, -0.25) is 14.3 Å². The van der Waals surface area contributed by atoms with Gasteiger partial charge in [-0.1, -0.05) is 31.0 Å². The summed E-state index contributed by atoms with van der Waals surface area (Å²) in [6.07, 6.45) is 13.2. The third-order valence-electron chi connectivity index (χ3n) is 5.97. The van der Waals surface area contributed by atoms with Gasteiger partial charge in [0, 0.05) is 36.6 Å². The minimum Gasteiger partial charge on any atom is -0.339 e. The van der Waals surface area contributed by atoms with Crippen LogP contribution in [-0.4, -0.2) is 48.9 Å². The monoisotopic (exact) mass is 399 g/mol. The number of piperidine rings is 1. The molecule has 1 saturated carbocycles. The molecule has 0 aromatic carbocycles. The first-order valence-corrected chi connectivity index (χ1v) is 11.5. The molecule has 150 valence electrons. The van der Waals surface area contributed by atoms with Gasteiger partial charge < -0.3 is 4.90 Å². The molecule has 3 heterocycles. The van der Waals surface area contributed by atoms with E-state index >= 15 is 0 Å². The maximum atomic E-state index is 12.8. The van der Waals surface area contributed by atoms with Gasteiger partial charge in [-0.05, 0) is 51.2 Å². The van der Waals surface area contributed by atoms with Gasteiger partial charge in [-0.15, -0.1) is 10.2 Å². The Hall–Kier alpha value is -1.89. The number of hydrogen-bond donors (Lipinski definition) is 0. The number of nitrogens with zero attached hydrogens (tertiary/aromatic N) is 5. The normalized spacial score (nSPS) is 21.0. The maximum Gasteiger partial charge on any atom is 0.233 e. The number of aromatic nitrogens is 4. The Kier molecular flexibility index (Phi) is 6.29. The van der Waals surface area contributed by atoms with Crippen molar-refractivity contribution in [3.63, 3.8) is 0 Å². The van der Waals surface area contributed by atoms with Crippen molar-refractivity contribution in [3.05, 3.63) is 24.5 Å². The predicted molar refractivity (Wildman–Crippen MR) is 111 cm³/mol. The van der Waals surface area contributed by atoms with Crippen LogP contribution in [0.1, 0.15) is 64.3 Å². The Morgan fingerprint density at radius 3 is 2.71 bits per heavy atom. The smallest absolute Gasteiger partial charge is 0.233 e. The van der Waals surface area contributed by atoms with Crippen molar-refractivity contribution < 1.29 is 4.79 Å². The summed E-state index contributed by atoms with van der Waals surface area (Å²) >= 11 is 1.54. The molecule has 28 heavy (non-hydrogen) atoms. The van der Waals surface area contributed by atoms with Gasteiger partial charge in [0.05, 0.1) is 5.75 Å². The largest absolute Gasteiger partial charge is 0.339 e. The third-order valence-corrected chi connectivity index (χ3v) is 6.90. The van der Waals surface area contributed by atoms with E-state index in [1.807, 2.05) is 23.2 Å². The summed E-state index contributed by atoms with van der Waals surface area (Å²) in [5.74, 6) is 1.53. The lowest BCUT2D eigenvalue weighted by atomic mass is 9.95. The van der Waals surface area contributed by atoms with Gasteiger partial charge in [0.25, 0.3) is 0 Å². The molecule has 2 fully saturated rings. The van der Waals surface area contributed by atoms with Crippen molar-refractivity contribution in [2.75, 3.05) is 12.3 Å². The minimum absolute atomic E-state index is 0.221.